The Morgan fingerprint density at radius 2 is 0.862 bits per heavy atom. The highest BCUT2D eigenvalue weighted by Crippen LogP contribution is 2.65. The second-order valence-corrected chi connectivity index (χ2v) is 19.2. The molecule has 4 aliphatic carbocycles. The largest absolute Gasteiger partial charge is 0.496 e. The van der Waals surface area contributed by atoms with E-state index in [1.807, 2.05) is 7.11 Å². The molecule has 4 aliphatic rings. The predicted molar refractivity (Wildman–Crippen MR) is 242 cm³/mol. The highest BCUT2D eigenvalue weighted by atomic mass is 16.5. The van der Waals surface area contributed by atoms with Gasteiger partial charge < -0.3 is 9.64 Å². The Hall–Kier alpha value is -5.86. The molecule has 0 radical (unpaired) electrons. The van der Waals surface area contributed by atoms with Gasteiger partial charge >= 0.3 is 0 Å². The van der Waals surface area contributed by atoms with E-state index in [1.165, 1.54) is 106 Å². The molecule has 0 bridgehead atoms. The van der Waals surface area contributed by atoms with Crippen molar-refractivity contribution in [3.8, 4) is 39.1 Å². The van der Waals surface area contributed by atoms with Gasteiger partial charge in [-0.05, 0) is 151 Å². The number of nitrogens with zero attached hydrogens (tertiary/aromatic N) is 1. The molecule has 2 heteroatoms. The molecule has 2 nitrogen and oxygen atoms in total. The van der Waals surface area contributed by atoms with Gasteiger partial charge in [-0.1, -0.05) is 139 Å². The number of anilines is 3. The van der Waals surface area contributed by atoms with Crippen molar-refractivity contribution < 1.29 is 4.74 Å². The topological polar surface area (TPSA) is 12.5 Å². The second-order valence-electron chi connectivity index (χ2n) is 19.2. The molecule has 0 saturated carbocycles. The lowest BCUT2D eigenvalue weighted by Gasteiger charge is -2.33. The first kappa shape index (κ1) is 35.3. The van der Waals surface area contributed by atoms with Gasteiger partial charge in [0.05, 0.1) is 7.11 Å². The minimum atomic E-state index is -0.294. The van der Waals surface area contributed by atoms with Crippen molar-refractivity contribution in [2.75, 3.05) is 12.0 Å². The third-order valence-electron chi connectivity index (χ3n) is 14.8. The summed E-state index contributed by atoms with van der Waals surface area (Å²) in [4.78, 5) is 2.54. The molecule has 7 aromatic rings. The molecule has 286 valence electrons. The SMILES string of the molecule is COc1c(C)cc2c(c1C)C(C)(C)CC21c2ccccc2-c2ccc(N(c3ccc4c(c3)C(C)(C)c3ccccc3-4)c3ccc4c(c3)C(C)(C)c3ccccc3-4)cc21. The Bertz CT molecular complexity index is 2820. The summed E-state index contributed by atoms with van der Waals surface area (Å²) in [6.45, 7) is 18.9. The van der Waals surface area contributed by atoms with Crippen molar-refractivity contribution in [1.82, 2.24) is 0 Å². The van der Waals surface area contributed by atoms with Gasteiger partial charge in [-0.15, -0.1) is 0 Å². The number of hydrogen-bond acceptors (Lipinski definition) is 2. The molecule has 0 saturated heterocycles. The lowest BCUT2D eigenvalue weighted by atomic mass is 9.71. The first-order valence-corrected chi connectivity index (χ1v) is 21.0. The van der Waals surface area contributed by atoms with E-state index in [-0.39, 0.29) is 21.7 Å². The van der Waals surface area contributed by atoms with Gasteiger partial charge in [0.15, 0.2) is 0 Å². The summed E-state index contributed by atoms with van der Waals surface area (Å²) in [6.07, 6.45) is 0.993. The molecule has 1 atom stereocenters. The normalized spacial score (nSPS) is 18.8. The van der Waals surface area contributed by atoms with Crippen LogP contribution in [0.15, 0.2) is 133 Å². The van der Waals surface area contributed by atoms with Crippen molar-refractivity contribution in [3.63, 3.8) is 0 Å². The summed E-state index contributed by atoms with van der Waals surface area (Å²) in [5, 5.41) is 0. The van der Waals surface area contributed by atoms with Gasteiger partial charge in [0, 0.05) is 33.3 Å². The zero-order valence-corrected chi connectivity index (χ0v) is 35.3. The minimum absolute atomic E-state index is 0.0635. The van der Waals surface area contributed by atoms with E-state index in [9.17, 15) is 0 Å². The van der Waals surface area contributed by atoms with Gasteiger partial charge in [0.25, 0.3) is 0 Å². The number of aryl methyl sites for hydroxylation is 1. The highest BCUT2D eigenvalue weighted by Gasteiger charge is 2.55. The maximum atomic E-state index is 6.06. The fraction of sp³-hybridized carbons (Fsp3) is 0.250. The van der Waals surface area contributed by atoms with Crippen LogP contribution in [0, 0.1) is 13.8 Å². The molecule has 0 N–H and O–H groups in total. The van der Waals surface area contributed by atoms with E-state index in [2.05, 4.69) is 194 Å². The maximum Gasteiger partial charge on any atom is 0.124 e. The molecule has 0 amide bonds. The molecule has 1 spiro atoms. The fourth-order valence-corrected chi connectivity index (χ4v) is 12.4. The van der Waals surface area contributed by atoms with Gasteiger partial charge in [-0.3, -0.25) is 0 Å². The number of rotatable bonds is 4. The summed E-state index contributed by atoms with van der Waals surface area (Å²) < 4.78 is 6.06. The third-order valence-corrected chi connectivity index (χ3v) is 14.8. The smallest absolute Gasteiger partial charge is 0.124 e. The van der Waals surface area contributed by atoms with Gasteiger partial charge in [-0.25, -0.2) is 0 Å². The van der Waals surface area contributed by atoms with Crippen LogP contribution in [0.5, 0.6) is 5.75 Å². The van der Waals surface area contributed by atoms with E-state index in [0.29, 0.717) is 0 Å². The summed E-state index contributed by atoms with van der Waals surface area (Å²) in [6, 6.07) is 51.3. The van der Waals surface area contributed by atoms with Crippen LogP contribution in [-0.4, -0.2) is 7.11 Å². The molecule has 7 aromatic carbocycles. The van der Waals surface area contributed by atoms with E-state index in [4.69, 9.17) is 4.74 Å². The molecule has 1 unspecified atom stereocenters. The fourth-order valence-electron chi connectivity index (χ4n) is 12.4. The zero-order valence-electron chi connectivity index (χ0n) is 35.3. The lowest BCUT2D eigenvalue weighted by Crippen LogP contribution is -2.27. The second kappa shape index (κ2) is 11.6. The Labute approximate surface area is 344 Å². The molecule has 0 heterocycles. The van der Waals surface area contributed by atoms with Crippen molar-refractivity contribution in [2.45, 2.75) is 83.5 Å². The molecule has 58 heavy (non-hydrogen) atoms. The molecule has 11 rings (SSSR count). The molecule has 0 aromatic heterocycles. The van der Waals surface area contributed by atoms with E-state index < -0.39 is 0 Å². The average molecular weight is 754 g/mol. The van der Waals surface area contributed by atoms with Gasteiger partial charge in [0.1, 0.15) is 5.75 Å². The average Bonchev–Trinajstić information content (AvgIpc) is 3.81. The summed E-state index contributed by atoms with van der Waals surface area (Å²) in [5.41, 5.74) is 24.7. The van der Waals surface area contributed by atoms with Crippen LogP contribution in [0.4, 0.5) is 17.1 Å². The van der Waals surface area contributed by atoms with Crippen molar-refractivity contribution >= 4 is 17.1 Å². The van der Waals surface area contributed by atoms with Crippen LogP contribution < -0.4 is 9.64 Å². The van der Waals surface area contributed by atoms with Gasteiger partial charge in [-0.2, -0.15) is 0 Å². The highest BCUT2D eigenvalue weighted by molar-refractivity contribution is 5.92. The van der Waals surface area contributed by atoms with Crippen LogP contribution in [0.3, 0.4) is 0 Å². The number of fused-ring (bicyclic) bond motifs is 13. The Kier molecular flexibility index (Phi) is 7.08. The quantitative estimate of drug-likeness (QED) is 0.177. The van der Waals surface area contributed by atoms with E-state index >= 15 is 0 Å². The number of hydrogen-bond donors (Lipinski definition) is 0. The third kappa shape index (κ3) is 4.39. The lowest BCUT2D eigenvalue weighted by molar-refractivity contribution is 0.405. The summed E-state index contributed by atoms with van der Waals surface area (Å²) in [5.74, 6) is 1.01. The molecular formula is C56H51NO. The van der Waals surface area contributed by atoms with Gasteiger partial charge in [0.2, 0.25) is 0 Å². The molecular weight excluding hydrogens is 703 g/mol. The predicted octanol–water partition coefficient (Wildman–Crippen LogP) is 14.4. The maximum absolute atomic E-state index is 6.06. The van der Waals surface area contributed by atoms with Crippen molar-refractivity contribution in [2.24, 2.45) is 0 Å². The van der Waals surface area contributed by atoms with Crippen LogP contribution >= 0.6 is 0 Å². The van der Waals surface area contributed by atoms with Crippen molar-refractivity contribution in [1.29, 1.82) is 0 Å². The first-order chi connectivity index (χ1) is 27.8. The Balaban J connectivity index is 1.17. The van der Waals surface area contributed by atoms with Crippen LogP contribution in [0.2, 0.25) is 0 Å². The summed E-state index contributed by atoms with van der Waals surface area (Å²) in [7, 11) is 1.82. The minimum Gasteiger partial charge on any atom is -0.496 e. The number of benzene rings is 7. The Morgan fingerprint density at radius 3 is 1.36 bits per heavy atom. The van der Waals surface area contributed by atoms with E-state index in [1.54, 1.807) is 0 Å². The Morgan fingerprint density at radius 1 is 0.448 bits per heavy atom. The monoisotopic (exact) mass is 753 g/mol. The number of methoxy groups -OCH3 is 1. The first-order valence-electron chi connectivity index (χ1n) is 21.0. The molecule has 0 fully saturated rings. The van der Waals surface area contributed by atoms with Crippen LogP contribution in [-0.2, 0) is 21.7 Å². The van der Waals surface area contributed by atoms with E-state index in [0.717, 1.165) is 12.2 Å². The molecule has 0 aliphatic heterocycles. The van der Waals surface area contributed by atoms with Crippen LogP contribution in [0.1, 0.15) is 104 Å². The van der Waals surface area contributed by atoms with Crippen LogP contribution in [0.25, 0.3) is 33.4 Å². The van der Waals surface area contributed by atoms with Crippen molar-refractivity contribution in [3.05, 3.63) is 189 Å². The standard InChI is InChI=1S/C56H51NO/c1-33-28-50-51(34(2)52(33)58-9)53(3,4)32-56(50)46-21-15-12-18-40(46)43-27-24-37(31-49(43)56)57(35-22-25-41-38-16-10-13-19-44(38)54(5,6)47(41)29-35)36-23-26-42-39-17-11-14-20-45(39)55(7,8)48(42)30-36/h10-31H,32H2,1-9H3. The zero-order chi connectivity index (χ0) is 40.1. The summed E-state index contributed by atoms with van der Waals surface area (Å²) >= 11 is 0. The number of ether oxygens (including phenoxy) is 1.